The third kappa shape index (κ3) is 2.16. The molecule has 4 aromatic heterocycles. The molecule has 4 heterocycles. The summed E-state index contributed by atoms with van der Waals surface area (Å²) in [5, 5.41) is 17.8. The van der Waals surface area contributed by atoms with Gasteiger partial charge in [0.1, 0.15) is 10.5 Å². The van der Waals surface area contributed by atoms with Gasteiger partial charge in [-0.15, -0.1) is 16.4 Å². The number of carbonyl (C=O) groups is 1. The minimum absolute atomic E-state index is 0.0616. The normalized spacial score (nSPS) is 11.2. The highest BCUT2D eigenvalue weighted by molar-refractivity contribution is 7.16. The number of aromatic nitrogens is 6. The number of aryl methyl sites for hydroxylation is 1. The van der Waals surface area contributed by atoms with E-state index in [1.54, 1.807) is 19.1 Å². The fourth-order valence-electron chi connectivity index (χ4n) is 2.31. The quantitative estimate of drug-likeness (QED) is 0.567. The molecule has 0 aromatic carbocycles. The molecular formula is C13H9N7O2S. The summed E-state index contributed by atoms with van der Waals surface area (Å²) >= 11 is 1.41. The second kappa shape index (κ2) is 4.95. The molecule has 0 radical (unpaired) electrons. The maximum atomic E-state index is 12.6. The molecule has 0 aliphatic carbocycles. The Morgan fingerprint density at radius 3 is 3.09 bits per heavy atom. The number of hydrogen-bond acceptors (Lipinski definition) is 7. The first-order chi connectivity index (χ1) is 11.1. The molecule has 0 fully saturated rings. The van der Waals surface area contributed by atoms with Crippen molar-refractivity contribution in [2.45, 2.75) is 6.92 Å². The van der Waals surface area contributed by atoms with Gasteiger partial charge in [0.15, 0.2) is 0 Å². The summed E-state index contributed by atoms with van der Waals surface area (Å²) in [6, 6.07) is 3.39. The van der Waals surface area contributed by atoms with Gasteiger partial charge in [-0.05, 0) is 35.2 Å². The van der Waals surface area contributed by atoms with Crippen molar-refractivity contribution in [3.05, 3.63) is 45.2 Å². The number of nitrogens with zero attached hydrogens (tertiary/aromatic N) is 5. The Hall–Kier alpha value is -3.14. The van der Waals surface area contributed by atoms with Gasteiger partial charge in [-0.2, -0.15) is 5.21 Å². The smallest absolute Gasteiger partial charge is 0.270 e. The van der Waals surface area contributed by atoms with Crippen LogP contribution >= 0.6 is 11.3 Å². The summed E-state index contributed by atoms with van der Waals surface area (Å²) in [4.78, 5) is 30.0. The van der Waals surface area contributed by atoms with Gasteiger partial charge < -0.3 is 0 Å². The van der Waals surface area contributed by atoms with E-state index < -0.39 is 5.91 Å². The Morgan fingerprint density at radius 2 is 2.30 bits per heavy atom. The number of amides is 1. The van der Waals surface area contributed by atoms with Crippen LogP contribution < -0.4 is 10.9 Å². The van der Waals surface area contributed by atoms with E-state index in [1.807, 2.05) is 5.38 Å². The average Bonchev–Trinajstić information content (AvgIpc) is 3.19. The molecule has 0 saturated carbocycles. The number of thiophene rings is 1. The van der Waals surface area contributed by atoms with Crippen molar-refractivity contribution in [2.75, 3.05) is 5.32 Å². The van der Waals surface area contributed by atoms with Crippen LogP contribution in [-0.4, -0.2) is 35.9 Å². The molecule has 2 N–H and O–H groups in total. The van der Waals surface area contributed by atoms with E-state index in [-0.39, 0.29) is 11.5 Å². The molecule has 23 heavy (non-hydrogen) atoms. The SMILES string of the molecule is Cc1cc(C(=O)Nc2nn[nH]n2)cn2c(=O)c3ccsc3nc12. The van der Waals surface area contributed by atoms with Crippen LogP contribution in [0.15, 0.2) is 28.5 Å². The number of pyridine rings is 1. The predicted molar refractivity (Wildman–Crippen MR) is 83.7 cm³/mol. The summed E-state index contributed by atoms with van der Waals surface area (Å²) in [6.45, 7) is 1.80. The molecule has 0 atom stereocenters. The van der Waals surface area contributed by atoms with Gasteiger partial charge in [-0.25, -0.2) is 4.98 Å². The van der Waals surface area contributed by atoms with Crippen molar-refractivity contribution in [3.8, 4) is 0 Å². The van der Waals surface area contributed by atoms with Crippen molar-refractivity contribution < 1.29 is 4.79 Å². The molecular weight excluding hydrogens is 318 g/mol. The Morgan fingerprint density at radius 1 is 1.43 bits per heavy atom. The van der Waals surface area contributed by atoms with Gasteiger partial charge in [0, 0.05) is 6.20 Å². The number of H-pyrrole nitrogens is 1. The highest BCUT2D eigenvalue weighted by Gasteiger charge is 2.14. The largest absolute Gasteiger partial charge is 0.288 e. The molecule has 0 aliphatic heterocycles. The molecule has 4 aromatic rings. The maximum Gasteiger partial charge on any atom is 0.270 e. The molecule has 9 nitrogen and oxygen atoms in total. The van der Waals surface area contributed by atoms with Crippen LogP contribution in [-0.2, 0) is 0 Å². The fraction of sp³-hybridized carbons (Fsp3) is 0.0769. The van der Waals surface area contributed by atoms with Crippen molar-refractivity contribution in [2.24, 2.45) is 0 Å². The molecule has 0 bridgehead atoms. The summed E-state index contributed by atoms with van der Waals surface area (Å²) in [6.07, 6.45) is 1.46. The average molecular weight is 327 g/mol. The van der Waals surface area contributed by atoms with Crippen LogP contribution in [0.25, 0.3) is 15.9 Å². The molecule has 114 valence electrons. The third-order valence-electron chi connectivity index (χ3n) is 3.36. The van der Waals surface area contributed by atoms with E-state index in [0.717, 1.165) is 5.56 Å². The van der Waals surface area contributed by atoms with E-state index in [9.17, 15) is 9.59 Å². The van der Waals surface area contributed by atoms with Crippen LogP contribution in [0.1, 0.15) is 15.9 Å². The number of rotatable bonds is 2. The number of nitrogens with one attached hydrogen (secondary N) is 2. The Kier molecular flexibility index (Phi) is 2.91. The van der Waals surface area contributed by atoms with Gasteiger partial charge in [0.2, 0.25) is 0 Å². The Labute approximate surface area is 132 Å². The second-order valence-electron chi connectivity index (χ2n) is 4.85. The molecule has 1 amide bonds. The van der Waals surface area contributed by atoms with Gasteiger partial charge in [0.25, 0.3) is 17.4 Å². The molecule has 0 saturated heterocycles. The number of fused-ring (bicyclic) bond motifs is 2. The molecule has 0 spiro atoms. The van der Waals surface area contributed by atoms with E-state index in [0.29, 0.717) is 21.4 Å². The first-order valence-electron chi connectivity index (χ1n) is 6.58. The van der Waals surface area contributed by atoms with E-state index in [2.05, 4.69) is 30.9 Å². The molecule has 0 aliphatic rings. The van der Waals surface area contributed by atoms with Crippen molar-refractivity contribution in [1.29, 1.82) is 0 Å². The lowest BCUT2D eigenvalue weighted by molar-refractivity contribution is 0.102. The van der Waals surface area contributed by atoms with Crippen LogP contribution in [0.5, 0.6) is 0 Å². The third-order valence-corrected chi connectivity index (χ3v) is 4.16. The van der Waals surface area contributed by atoms with Crippen LogP contribution in [0, 0.1) is 6.92 Å². The molecule has 10 heteroatoms. The minimum Gasteiger partial charge on any atom is -0.288 e. The monoisotopic (exact) mass is 327 g/mol. The Balaban J connectivity index is 1.88. The Bertz CT molecular complexity index is 1100. The number of aromatic amines is 1. The highest BCUT2D eigenvalue weighted by Crippen LogP contribution is 2.18. The number of hydrogen-bond donors (Lipinski definition) is 2. The zero-order valence-corrected chi connectivity index (χ0v) is 12.6. The van der Waals surface area contributed by atoms with E-state index in [1.165, 1.54) is 21.9 Å². The maximum absolute atomic E-state index is 12.6. The summed E-state index contributed by atoms with van der Waals surface area (Å²) < 4.78 is 1.38. The summed E-state index contributed by atoms with van der Waals surface area (Å²) in [5.74, 6) is -0.375. The van der Waals surface area contributed by atoms with Crippen molar-refractivity contribution in [3.63, 3.8) is 0 Å². The lowest BCUT2D eigenvalue weighted by Crippen LogP contribution is -2.19. The molecule has 0 unspecified atom stereocenters. The molecule has 4 rings (SSSR count). The van der Waals surface area contributed by atoms with Crippen molar-refractivity contribution >= 4 is 39.1 Å². The van der Waals surface area contributed by atoms with Crippen molar-refractivity contribution in [1.82, 2.24) is 30.0 Å². The minimum atomic E-state index is -0.436. The van der Waals surface area contributed by atoms with Crippen LogP contribution in [0.3, 0.4) is 0 Å². The second-order valence-corrected chi connectivity index (χ2v) is 5.75. The zero-order valence-electron chi connectivity index (χ0n) is 11.8. The zero-order chi connectivity index (χ0) is 16.0. The van der Waals surface area contributed by atoms with Gasteiger partial charge in [0.05, 0.1) is 10.9 Å². The van der Waals surface area contributed by atoms with Gasteiger partial charge in [-0.3, -0.25) is 19.3 Å². The lowest BCUT2D eigenvalue weighted by Gasteiger charge is -2.07. The predicted octanol–water partition coefficient (Wildman–Crippen LogP) is 0.983. The standard InChI is InChI=1S/C13H9N7O2S/c1-6-4-7(10(21)15-13-16-18-19-17-13)5-20-9(6)14-11-8(12(20)22)2-3-23-11/h2-5H,1H3,(H2,15,16,17,18,19,21). The number of tetrazole rings is 1. The first-order valence-corrected chi connectivity index (χ1v) is 7.46. The summed E-state index contributed by atoms with van der Waals surface area (Å²) in [7, 11) is 0. The topological polar surface area (TPSA) is 118 Å². The summed E-state index contributed by atoms with van der Waals surface area (Å²) in [5.41, 5.74) is 1.35. The number of anilines is 1. The van der Waals surface area contributed by atoms with Crippen LogP contribution in [0.2, 0.25) is 0 Å². The first kappa shape index (κ1) is 13.5. The fourth-order valence-corrected chi connectivity index (χ4v) is 3.07. The van der Waals surface area contributed by atoms with E-state index in [4.69, 9.17) is 0 Å². The lowest BCUT2D eigenvalue weighted by atomic mass is 10.2. The van der Waals surface area contributed by atoms with Gasteiger partial charge >= 0.3 is 0 Å². The van der Waals surface area contributed by atoms with Crippen LogP contribution in [0.4, 0.5) is 5.95 Å². The number of carbonyl (C=O) groups excluding carboxylic acids is 1. The van der Waals surface area contributed by atoms with E-state index >= 15 is 0 Å². The van der Waals surface area contributed by atoms with Gasteiger partial charge in [-0.1, -0.05) is 5.10 Å². The highest BCUT2D eigenvalue weighted by atomic mass is 32.1.